The van der Waals surface area contributed by atoms with E-state index in [2.05, 4.69) is 26.6 Å². The highest BCUT2D eigenvalue weighted by atomic mass is 79.9. The molecule has 2 N–H and O–H groups in total. The first-order valence-electron chi connectivity index (χ1n) is 10.6. The lowest BCUT2D eigenvalue weighted by molar-refractivity contribution is 0.0960. The van der Waals surface area contributed by atoms with Crippen LogP contribution in [0.4, 0.5) is 14.9 Å². The van der Waals surface area contributed by atoms with Crippen LogP contribution in [0, 0.1) is 11.7 Å². The zero-order valence-corrected chi connectivity index (χ0v) is 19.1. The summed E-state index contributed by atoms with van der Waals surface area (Å²) < 4.78 is 14.6. The average molecular weight is 507 g/mol. The topological polar surface area (TPSA) is 61.4 Å². The molecule has 2 aromatic rings. The summed E-state index contributed by atoms with van der Waals surface area (Å²) in [5, 5.41) is 6.28. The fourth-order valence-corrected chi connectivity index (χ4v) is 6.05. The Bertz CT molecular complexity index is 1080. The molecule has 1 aliphatic carbocycles. The molecule has 0 radical (unpaired) electrons. The van der Waals surface area contributed by atoms with Crippen molar-refractivity contribution in [3.05, 3.63) is 62.3 Å². The lowest BCUT2D eigenvalue weighted by Crippen LogP contribution is -2.48. The molecule has 8 heteroatoms. The van der Waals surface area contributed by atoms with Crippen molar-refractivity contribution in [2.45, 2.75) is 44.2 Å². The Morgan fingerprint density at radius 1 is 1.19 bits per heavy atom. The van der Waals surface area contributed by atoms with Gasteiger partial charge in [0.05, 0.1) is 6.04 Å². The molecule has 2 fully saturated rings. The standard InChI is InChI=1S/C23H22BrClFN3O2/c24-13-9-16-20(21(28-22(16)30)15-11-14(26)6-7-17(15)25)18(10-13)27-23(31)29-8-2-4-12-3-1-5-19(12)29/h6-7,9-12,19,21H,1-5,8H2,(H,27,31)(H,28,30). The van der Waals surface area contributed by atoms with Gasteiger partial charge in [0.25, 0.3) is 5.91 Å². The van der Waals surface area contributed by atoms with E-state index in [-0.39, 0.29) is 18.0 Å². The number of urea groups is 1. The minimum absolute atomic E-state index is 0.152. The molecule has 1 saturated heterocycles. The molecule has 1 saturated carbocycles. The van der Waals surface area contributed by atoms with Crippen LogP contribution >= 0.6 is 27.5 Å². The van der Waals surface area contributed by atoms with Gasteiger partial charge >= 0.3 is 6.03 Å². The highest BCUT2D eigenvalue weighted by molar-refractivity contribution is 9.10. The molecule has 0 aromatic heterocycles. The molecular formula is C23H22BrClFN3O2. The van der Waals surface area contributed by atoms with Crippen LogP contribution in [0.25, 0.3) is 0 Å². The van der Waals surface area contributed by atoms with E-state index < -0.39 is 11.9 Å². The SMILES string of the molecule is O=C1NC(c2cc(F)ccc2Cl)c2c(NC(=O)N3CCCC4CCCC43)cc(Br)cc21. The number of carbonyl (C=O) groups excluding carboxylic acids is 2. The minimum Gasteiger partial charge on any atom is -0.341 e. The first-order valence-corrected chi connectivity index (χ1v) is 11.8. The van der Waals surface area contributed by atoms with Crippen molar-refractivity contribution >= 4 is 45.2 Å². The Morgan fingerprint density at radius 2 is 2.00 bits per heavy atom. The van der Waals surface area contributed by atoms with Crippen molar-refractivity contribution in [1.29, 1.82) is 0 Å². The van der Waals surface area contributed by atoms with Crippen LogP contribution in [0.5, 0.6) is 0 Å². The Balaban J connectivity index is 1.52. The smallest absolute Gasteiger partial charge is 0.322 e. The van der Waals surface area contributed by atoms with Gasteiger partial charge < -0.3 is 15.5 Å². The number of hydrogen-bond acceptors (Lipinski definition) is 2. The third-order valence-corrected chi connectivity index (χ3v) is 7.52. The number of amides is 3. The van der Waals surface area contributed by atoms with Crippen molar-refractivity contribution in [1.82, 2.24) is 10.2 Å². The van der Waals surface area contributed by atoms with Crippen LogP contribution in [-0.4, -0.2) is 29.4 Å². The highest BCUT2D eigenvalue weighted by Gasteiger charge is 2.39. The van der Waals surface area contributed by atoms with E-state index in [4.69, 9.17) is 11.6 Å². The van der Waals surface area contributed by atoms with E-state index in [0.717, 1.165) is 25.8 Å². The molecule has 3 atom stereocenters. The maximum atomic E-state index is 14.0. The fraction of sp³-hybridized carbons (Fsp3) is 0.391. The lowest BCUT2D eigenvalue weighted by Gasteiger charge is -2.37. The molecule has 2 heterocycles. The predicted octanol–water partition coefficient (Wildman–Crippen LogP) is 5.87. The molecule has 5 nitrogen and oxygen atoms in total. The van der Waals surface area contributed by atoms with Gasteiger partial charge in [0, 0.05) is 44.5 Å². The van der Waals surface area contributed by atoms with E-state index in [1.165, 1.54) is 31.0 Å². The number of piperidine rings is 1. The van der Waals surface area contributed by atoms with E-state index in [1.807, 2.05) is 4.90 Å². The van der Waals surface area contributed by atoms with Crippen LogP contribution in [0.3, 0.4) is 0 Å². The number of nitrogens with one attached hydrogen (secondary N) is 2. The van der Waals surface area contributed by atoms with E-state index in [1.54, 1.807) is 12.1 Å². The van der Waals surface area contributed by atoms with Crippen LogP contribution in [0.15, 0.2) is 34.8 Å². The van der Waals surface area contributed by atoms with Crippen molar-refractivity contribution in [2.24, 2.45) is 5.92 Å². The molecule has 3 unspecified atom stereocenters. The Hall–Kier alpha value is -2.12. The van der Waals surface area contributed by atoms with Crippen molar-refractivity contribution in [3.63, 3.8) is 0 Å². The summed E-state index contributed by atoms with van der Waals surface area (Å²) in [6, 6.07) is 7.06. The highest BCUT2D eigenvalue weighted by Crippen LogP contribution is 2.42. The van der Waals surface area contributed by atoms with Crippen molar-refractivity contribution in [2.75, 3.05) is 11.9 Å². The van der Waals surface area contributed by atoms with Crippen molar-refractivity contribution < 1.29 is 14.0 Å². The van der Waals surface area contributed by atoms with Gasteiger partial charge in [0.2, 0.25) is 0 Å². The molecule has 31 heavy (non-hydrogen) atoms. The summed E-state index contributed by atoms with van der Waals surface area (Å²) in [4.78, 5) is 27.9. The molecule has 3 aliphatic rings. The van der Waals surface area contributed by atoms with Crippen molar-refractivity contribution in [3.8, 4) is 0 Å². The number of nitrogens with zero attached hydrogens (tertiary/aromatic N) is 1. The maximum Gasteiger partial charge on any atom is 0.322 e. The second kappa shape index (κ2) is 8.10. The fourth-order valence-electron chi connectivity index (χ4n) is 5.36. The van der Waals surface area contributed by atoms with Gasteiger partial charge in [0.15, 0.2) is 0 Å². The summed E-state index contributed by atoms with van der Waals surface area (Å²) in [5.41, 5.74) is 2.03. The van der Waals surface area contributed by atoms with Gasteiger partial charge in [-0.05, 0) is 61.9 Å². The van der Waals surface area contributed by atoms with Gasteiger partial charge in [0.1, 0.15) is 5.82 Å². The molecule has 2 aliphatic heterocycles. The van der Waals surface area contributed by atoms with Gasteiger partial charge in [-0.2, -0.15) is 0 Å². The maximum absolute atomic E-state index is 14.0. The van der Waals surface area contributed by atoms with Crippen LogP contribution < -0.4 is 10.6 Å². The summed E-state index contributed by atoms with van der Waals surface area (Å²) >= 11 is 9.79. The molecule has 0 bridgehead atoms. The minimum atomic E-state index is -0.644. The Kier molecular flexibility index (Phi) is 5.42. The average Bonchev–Trinajstić information content (AvgIpc) is 3.34. The summed E-state index contributed by atoms with van der Waals surface area (Å²) in [7, 11) is 0. The van der Waals surface area contributed by atoms with Gasteiger partial charge in [-0.1, -0.05) is 34.0 Å². The second-order valence-corrected chi connectivity index (χ2v) is 9.83. The molecular weight excluding hydrogens is 485 g/mol. The number of benzene rings is 2. The lowest BCUT2D eigenvalue weighted by atomic mass is 9.92. The zero-order valence-electron chi connectivity index (χ0n) is 16.8. The number of halogens is 3. The van der Waals surface area contributed by atoms with Gasteiger partial charge in [-0.15, -0.1) is 0 Å². The van der Waals surface area contributed by atoms with Crippen LogP contribution in [0.2, 0.25) is 5.02 Å². The van der Waals surface area contributed by atoms with E-state index >= 15 is 0 Å². The normalized spacial score (nSPS) is 24.5. The largest absolute Gasteiger partial charge is 0.341 e. The number of hydrogen-bond donors (Lipinski definition) is 2. The number of anilines is 1. The summed E-state index contributed by atoms with van der Waals surface area (Å²) in [5.74, 6) is -0.147. The number of fused-ring (bicyclic) bond motifs is 2. The van der Waals surface area contributed by atoms with Crippen LogP contribution in [-0.2, 0) is 0 Å². The first-order chi connectivity index (χ1) is 14.9. The quantitative estimate of drug-likeness (QED) is 0.535. The number of carbonyl (C=O) groups is 2. The Morgan fingerprint density at radius 3 is 2.84 bits per heavy atom. The molecule has 3 amide bonds. The Labute approximate surface area is 193 Å². The zero-order chi connectivity index (χ0) is 21.7. The van der Waals surface area contributed by atoms with Gasteiger partial charge in [-0.3, -0.25) is 4.79 Å². The summed E-state index contributed by atoms with van der Waals surface area (Å²) in [6.07, 6.45) is 5.56. The number of likely N-dealkylation sites (tertiary alicyclic amines) is 1. The van der Waals surface area contributed by atoms with Crippen LogP contribution in [0.1, 0.15) is 59.6 Å². The third kappa shape index (κ3) is 3.72. The molecule has 0 spiro atoms. The summed E-state index contributed by atoms with van der Waals surface area (Å²) in [6.45, 7) is 0.736. The van der Waals surface area contributed by atoms with Gasteiger partial charge in [-0.25, -0.2) is 9.18 Å². The predicted molar refractivity (Wildman–Crippen MR) is 121 cm³/mol. The van der Waals surface area contributed by atoms with E-state index in [9.17, 15) is 14.0 Å². The first kappa shape index (κ1) is 20.8. The molecule has 5 rings (SSSR count). The molecule has 162 valence electrons. The molecule has 2 aromatic carbocycles. The number of rotatable bonds is 2. The second-order valence-electron chi connectivity index (χ2n) is 8.51. The third-order valence-electron chi connectivity index (χ3n) is 6.72. The monoisotopic (exact) mass is 505 g/mol. The van der Waals surface area contributed by atoms with E-state index in [0.29, 0.717) is 37.8 Å².